The Labute approximate surface area is 130 Å². The maximum Gasteiger partial charge on any atom is 0.312 e. The Morgan fingerprint density at radius 3 is 2.95 bits per heavy atom. The highest BCUT2D eigenvalue weighted by Gasteiger charge is 2.26. The van der Waals surface area contributed by atoms with E-state index in [9.17, 15) is 9.59 Å². The number of rotatable bonds is 5. The lowest BCUT2D eigenvalue weighted by atomic mass is 10.0. The summed E-state index contributed by atoms with van der Waals surface area (Å²) in [5.74, 6) is 0.820. The van der Waals surface area contributed by atoms with Gasteiger partial charge in [-0.1, -0.05) is 12.1 Å². The lowest BCUT2D eigenvalue weighted by Gasteiger charge is -2.36. The third-order valence-electron chi connectivity index (χ3n) is 3.95. The molecule has 1 aliphatic heterocycles. The number of likely N-dealkylation sites (tertiary alicyclic amines) is 1. The zero-order valence-electron chi connectivity index (χ0n) is 12.9. The van der Waals surface area contributed by atoms with Crippen molar-refractivity contribution in [3.63, 3.8) is 0 Å². The fraction of sp³-hybridized carbons (Fsp3) is 0.500. The first-order valence-corrected chi connectivity index (χ1v) is 7.56. The fourth-order valence-electron chi connectivity index (χ4n) is 2.82. The number of hydrogen-bond donors (Lipinski definition) is 2. The van der Waals surface area contributed by atoms with E-state index in [1.54, 1.807) is 7.11 Å². The maximum absolute atomic E-state index is 12.6. The van der Waals surface area contributed by atoms with Gasteiger partial charge in [-0.15, -0.1) is 0 Å². The number of nitrogens with two attached hydrogens (primary N) is 1. The number of carbonyl (C=O) groups is 2. The smallest absolute Gasteiger partial charge is 0.312 e. The minimum Gasteiger partial charge on any atom is -0.497 e. The Bertz CT molecular complexity index is 533. The van der Waals surface area contributed by atoms with Crippen LogP contribution in [0.4, 0.5) is 4.79 Å². The first-order valence-electron chi connectivity index (χ1n) is 7.56. The SMILES string of the molecule is COc1cccc(CC(=O)N2CCCC[C@H]2CNC(N)=O)c1. The molecule has 22 heavy (non-hydrogen) atoms. The molecule has 120 valence electrons. The topological polar surface area (TPSA) is 84.7 Å². The third kappa shape index (κ3) is 4.38. The van der Waals surface area contributed by atoms with Crippen LogP contribution >= 0.6 is 0 Å². The number of urea groups is 1. The van der Waals surface area contributed by atoms with Gasteiger partial charge in [0.05, 0.1) is 13.5 Å². The number of piperidine rings is 1. The summed E-state index contributed by atoms with van der Waals surface area (Å²) in [4.78, 5) is 25.3. The van der Waals surface area contributed by atoms with Crippen molar-refractivity contribution in [1.29, 1.82) is 0 Å². The van der Waals surface area contributed by atoms with Crippen molar-refractivity contribution in [3.05, 3.63) is 29.8 Å². The maximum atomic E-state index is 12.6. The number of hydrogen-bond acceptors (Lipinski definition) is 3. The van der Waals surface area contributed by atoms with Crippen molar-refractivity contribution in [3.8, 4) is 5.75 Å². The van der Waals surface area contributed by atoms with E-state index in [-0.39, 0.29) is 11.9 Å². The summed E-state index contributed by atoms with van der Waals surface area (Å²) in [5.41, 5.74) is 6.05. The molecule has 0 unspecified atom stereocenters. The zero-order chi connectivity index (χ0) is 15.9. The van der Waals surface area contributed by atoms with E-state index in [1.807, 2.05) is 29.2 Å². The molecular weight excluding hydrogens is 282 g/mol. The Balaban J connectivity index is 2.00. The number of nitrogens with one attached hydrogen (secondary N) is 1. The zero-order valence-corrected chi connectivity index (χ0v) is 12.9. The molecule has 1 heterocycles. The predicted molar refractivity (Wildman–Crippen MR) is 83.6 cm³/mol. The molecule has 1 fully saturated rings. The number of nitrogens with zero attached hydrogens (tertiary/aromatic N) is 1. The van der Waals surface area contributed by atoms with E-state index < -0.39 is 6.03 Å². The second-order valence-corrected chi connectivity index (χ2v) is 5.51. The Morgan fingerprint density at radius 2 is 2.23 bits per heavy atom. The molecule has 0 radical (unpaired) electrons. The Kier molecular flexibility index (Phi) is 5.63. The summed E-state index contributed by atoms with van der Waals surface area (Å²) in [6, 6.07) is 7.00. The van der Waals surface area contributed by atoms with Gasteiger partial charge in [0.2, 0.25) is 5.91 Å². The minimum absolute atomic E-state index is 0.0272. The quantitative estimate of drug-likeness (QED) is 0.859. The predicted octanol–water partition coefficient (Wildman–Crippen LogP) is 1.29. The van der Waals surface area contributed by atoms with Gasteiger partial charge in [0.25, 0.3) is 0 Å². The van der Waals surface area contributed by atoms with Crippen LogP contribution in [0.15, 0.2) is 24.3 Å². The Morgan fingerprint density at radius 1 is 1.41 bits per heavy atom. The van der Waals surface area contributed by atoms with Crippen LogP contribution < -0.4 is 15.8 Å². The number of benzene rings is 1. The van der Waals surface area contributed by atoms with Gasteiger partial charge in [-0.3, -0.25) is 4.79 Å². The van der Waals surface area contributed by atoms with Crippen molar-refractivity contribution < 1.29 is 14.3 Å². The molecule has 0 spiro atoms. The summed E-state index contributed by atoms with van der Waals surface area (Å²) in [6.07, 6.45) is 3.29. The highest BCUT2D eigenvalue weighted by molar-refractivity contribution is 5.79. The van der Waals surface area contributed by atoms with E-state index in [2.05, 4.69) is 5.32 Å². The van der Waals surface area contributed by atoms with Crippen molar-refractivity contribution in [2.45, 2.75) is 31.7 Å². The highest BCUT2D eigenvalue weighted by atomic mass is 16.5. The first kappa shape index (κ1) is 16.1. The van der Waals surface area contributed by atoms with Gasteiger partial charge < -0.3 is 20.7 Å². The van der Waals surface area contributed by atoms with Crippen LogP contribution in [0, 0.1) is 0 Å². The third-order valence-corrected chi connectivity index (χ3v) is 3.95. The Hall–Kier alpha value is -2.24. The van der Waals surface area contributed by atoms with Gasteiger partial charge >= 0.3 is 6.03 Å². The van der Waals surface area contributed by atoms with Crippen LogP contribution in [0.5, 0.6) is 5.75 Å². The van der Waals surface area contributed by atoms with Gasteiger partial charge in [0, 0.05) is 19.1 Å². The van der Waals surface area contributed by atoms with Crippen LogP contribution in [0.2, 0.25) is 0 Å². The standard InChI is InChI=1S/C16H23N3O3/c1-22-14-7-4-5-12(9-14)10-15(20)19-8-3-2-6-13(19)11-18-16(17)21/h4-5,7,9,13H,2-3,6,8,10-11H2,1H3,(H3,17,18,21)/t13-/m0/s1. The summed E-state index contributed by atoms with van der Waals surface area (Å²) in [6.45, 7) is 1.15. The molecular formula is C16H23N3O3. The summed E-state index contributed by atoms with van der Waals surface area (Å²) < 4.78 is 5.18. The van der Waals surface area contributed by atoms with Gasteiger partial charge in [-0.05, 0) is 37.0 Å². The average Bonchev–Trinajstić information content (AvgIpc) is 2.53. The molecule has 0 aliphatic carbocycles. The largest absolute Gasteiger partial charge is 0.497 e. The van der Waals surface area contributed by atoms with E-state index in [4.69, 9.17) is 10.5 Å². The summed E-state index contributed by atoms with van der Waals surface area (Å²) in [5, 5.41) is 2.61. The van der Waals surface area contributed by atoms with Gasteiger partial charge in [-0.25, -0.2) is 4.79 Å². The molecule has 6 nitrogen and oxygen atoms in total. The van der Waals surface area contributed by atoms with Gasteiger partial charge in [0.1, 0.15) is 5.75 Å². The summed E-state index contributed by atoms with van der Waals surface area (Å²) in [7, 11) is 1.61. The fourth-order valence-corrected chi connectivity index (χ4v) is 2.82. The molecule has 2 rings (SSSR count). The number of methoxy groups -OCH3 is 1. The molecule has 0 bridgehead atoms. The van der Waals surface area contributed by atoms with Crippen molar-refractivity contribution in [2.75, 3.05) is 20.2 Å². The molecule has 3 N–H and O–H groups in total. The van der Waals surface area contributed by atoms with E-state index in [1.165, 1.54) is 0 Å². The average molecular weight is 305 g/mol. The van der Waals surface area contributed by atoms with Gasteiger partial charge in [0.15, 0.2) is 0 Å². The molecule has 1 saturated heterocycles. The molecule has 1 aromatic carbocycles. The molecule has 0 aromatic heterocycles. The number of carbonyl (C=O) groups excluding carboxylic acids is 2. The minimum atomic E-state index is -0.550. The first-order chi connectivity index (χ1) is 10.6. The van der Waals surface area contributed by atoms with Crippen LogP contribution in [-0.4, -0.2) is 43.1 Å². The van der Waals surface area contributed by atoms with Crippen LogP contribution in [0.25, 0.3) is 0 Å². The van der Waals surface area contributed by atoms with E-state index in [0.717, 1.165) is 37.1 Å². The molecule has 1 atom stereocenters. The van der Waals surface area contributed by atoms with Crippen molar-refractivity contribution in [2.24, 2.45) is 5.73 Å². The lowest BCUT2D eigenvalue weighted by Crippen LogP contribution is -2.50. The molecule has 6 heteroatoms. The van der Waals surface area contributed by atoms with Crippen LogP contribution in [0.3, 0.4) is 0 Å². The van der Waals surface area contributed by atoms with E-state index in [0.29, 0.717) is 13.0 Å². The van der Waals surface area contributed by atoms with E-state index >= 15 is 0 Å². The van der Waals surface area contributed by atoms with Crippen LogP contribution in [-0.2, 0) is 11.2 Å². The van der Waals surface area contributed by atoms with Crippen molar-refractivity contribution >= 4 is 11.9 Å². The molecule has 1 aliphatic rings. The molecule has 0 saturated carbocycles. The normalized spacial score (nSPS) is 17.9. The van der Waals surface area contributed by atoms with Crippen molar-refractivity contribution in [1.82, 2.24) is 10.2 Å². The molecule has 1 aromatic rings. The lowest BCUT2D eigenvalue weighted by molar-refractivity contribution is -0.134. The summed E-state index contributed by atoms with van der Waals surface area (Å²) >= 11 is 0. The number of ether oxygens (including phenoxy) is 1. The number of primary amides is 1. The van der Waals surface area contributed by atoms with Gasteiger partial charge in [-0.2, -0.15) is 0 Å². The monoisotopic (exact) mass is 305 g/mol. The molecule has 3 amide bonds. The number of amides is 3. The second kappa shape index (κ2) is 7.68. The van der Waals surface area contributed by atoms with Crippen LogP contribution in [0.1, 0.15) is 24.8 Å². The highest BCUT2D eigenvalue weighted by Crippen LogP contribution is 2.19. The second-order valence-electron chi connectivity index (χ2n) is 5.51.